The van der Waals surface area contributed by atoms with Crippen LogP contribution >= 0.6 is 27.3 Å². The number of hydrogen-bond donors (Lipinski definition) is 1. The highest BCUT2D eigenvalue weighted by atomic mass is 79.9. The van der Waals surface area contributed by atoms with Gasteiger partial charge in [0, 0.05) is 15.3 Å². The number of rotatable bonds is 3. The highest BCUT2D eigenvalue weighted by Crippen LogP contribution is 2.37. The van der Waals surface area contributed by atoms with Gasteiger partial charge >= 0.3 is 0 Å². The van der Waals surface area contributed by atoms with E-state index in [1.165, 1.54) is 34.6 Å². The van der Waals surface area contributed by atoms with Gasteiger partial charge in [-0.1, -0.05) is 12.1 Å². The maximum atomic E-state index is 14.2. The van der Waals surface area contributed by atoms with Gasteiger partial charge in [-0.15, -0.1) is 11.3 Å². The molecule has 0 saturated heterocycles. The number of aryl methyl sites for hydroxylation is 2. The zero-order valence-corrected chi connectivity index (χ0v) is 13.1. The van der Waals surface area contributed by atoms with Crippen LogP contribution in [0.25, 0.3) is 0 Å². The zero-order chi connectivity index (χ0) is 13.4. The Kier molecular flexibility index (Phi) is 3.74. The van der Waals surface area contributed by atoms with E-state index in [0.717, 1.165) is 0 Å². The lowest BCUT2D eigenvalue weighted by molar-refractivity contribution is 0.574. The topological polar surface area (TPSA) is 12.0 Å². The van der Waals surface area contributed by atoms with Crippen molar-refractivity contribution in [1.82, 2.24) is 5.32 Å². The first kappa shape index (κ1) is 13.3. The molecule has 1 nitrogen and oxygen atoms in total. The molecule has 19 heavy (non-hydrogen) atoms. The maximum Gasteiger partial charge on any atom is 0.142 e. The van der Waals surface area contributed by atoms with Gasteiger partial charge in [-0.05, 0) is 59.9 Å². The van der Waals surface area contributed by atoms with Gasteiger partial charge in [0.1, 0.15) is 5.82 Å². The molecule has 1 aliphatic carbocycles. The minimum absolute atomic E-state index is 0.0619. The van der Waals surface area contributed by atoms with Gasteiger partial charge in [0.05, 0.1) is 10.5 Å². The molecule has 0 amide bonds. The van der Waals surface area contributed by atoms with Gasteiger partial charge in [-0.25, -0.2) is 4.39 Å². The van der Waals surface area contributed by atoms with E-state index in [4.69, 9.17) is 0 Å². The fourth-order valence-electron chi connectivity index (χ4n) is 2.69. The zero-order valence-electron chi connectivity index (χ0n) is 10.7. The number of hydrogen-bond acceptors (Lipinski definition) is 2. The highest BCUT2D eigenvalue weighted by Gasteiger charge is 2.23. The van der Waals surface area contributed by atoms with Crippen LogP contribution in [0.1, 0.15) is 33.3 Å². The summed E-state index contributed by atoms with van der Waals surface area (Å²) < 4.78 is 14.8. The Morgan fingerprint density at radius 2 is 2.21 bits per heavy atom. The minimum Gasteiger partial charge on any atom is -0.309 e. The summed E-state index contributed by atoms with van der Waals surface area (Å²) in [6.07, 6.45) is 3.61. The molecule has 3 rings (SSSR count). The Hall–Kier alpha value is -0.710. The van der Waals surface area contributed by atoms with E-state index in [0.29, 0.717) is 10.0 Å². The van der Waals surface area contributed by atoms with Crippen molar-refractivity contribution in [2.45, 2.75) is 25.3 Å². The van der Waals surface area contributed by atoms with Crippen LogP contribution in [0.15, 0.2) is 28.7 Å². The lowest BCUT2D eigenvalue weighted by atomic mass is 10.0. The summed E-state index contributed by atoms with van der Waals surface area (Å²) in [5.41, 5.74) is 2.16. The number of nitrogens with one attached hydrogen (secondary N) is 1. The molecule has 0 aliphatic heterocycles. The largest absolute Gasteiger partial charge is 0.309 e. The fraction of sp³-hybridized carbons (Fsp3) is 0.333. The summed E-state index contributed by atoms with van der Waals surface area (Å²) in [6.45, 7) is 0. The van der Waals surface area contributed by atoms with Crippen molar-refractivity contribution in [3.8, 4) is 0 Å². The molecule has 1 heterocycles. The first-order valence-electron chi connectivity index (χ1n) is 6.43. The molecule has 100 valence electrons. The molecule has 0 bridgehead atoms. The molecule has 1 aromatic heterocycles. The van der Waals surface area contributed by atoms with E-state index in [-0.39, 0.29) is 11.9 Å². The second-order valence-electron chi connectivity index (χ2n) is 4.82. The van der Waals surface area contributed by atoms with E-state index in [1.807, 2.05) is 30.5 Å². The standard InChI is InChI=1S/C15H15BrFNS/c1-18-15(10-5-3-6-11(16)14(10)17)13-8-9-4-2-7-12(9)19-13/h3,5-6,8,15,18H,2,4,7H2,1H3. The van der Waals surface area contributed by atoms with Crippen LogP contribution in [-0.2, 0) is 12.8 Å². The molecule has 0 fully saturated rings. The van der Waals surface area contributed by atoms with Crippen LogP contribution in [-0.4, -0.2) is 7.05 Å². The van der Waals surface area contributed by atoms with Crippen molar-refractivity contribution >= 4 is 27.3 Å². The first-order valence-corrected chi connectivity index (χ1v) is 8.04. The first-order chi connectivity index (χ1) is 9.20. The van der Waals surface area contributed by atoms with Crippen LogP contribution in [0.2, 0.25) is 0 Å². The van der Waals surface area contributed by atoms with Gasteiger partial charge in [-0.3, -0.25) is 0 Å². The molecule has 1 atom stereocenters. The van der Waals surface area contributed by atoms with Crippen LogP contribution < -0.4 is 5.32 Å². The summed E-state index contributed by atoms with van der Waals surface area (Å²) in [6, 6.07) is 7.66. The summed E-state index contributed by atoms with van der Waals surface area (Å²) in [7, 11) is 1.88. The van der Waals surface area contributed by atoms with Crippen LogP contribution in [0.5, 0.6) is 0 Å². The van der Waals surface area contributed by atoms with Crippen molar-refractivity contribution in [3.63, 3.8) is 0 Å². The molecule has 4 heteroatoms. The van der Waals surface area contributed by atoms with Crippen LogP contribution in [0.3, 0.4) is 0 Å². The predicted molar refractivity (Wildman–Crippen MR) is 81.3 cm³/mol. The molecule has 1 unspecified atom stereocenters. The van der Waals surface area contributed by atoms with Crippen molar-refractivity contribution in [3.05, 3.63) is 55.4 Å². The van der Waals surface area contributed by atoms with E-state index >= 15 is 0 Å². The third-order valence-electron chi connectivity index (χ3n) is 3.63. The van der Waals surface area contributed by atoms with Gasteiger partial charge in [0.15, 0.2) is 0 Å². The Morgan fingerprint density at radius 3 is 2.95 bits per heavy atom. The van der Waals surface area contributed by atoms with Crippen LogP contribution in [0, 0.1) is 5.82 Å². The quantitative estimate of drug-likeness (QED) is 0.871. The average Bonchev–Trinajstić information content (AvgIpc) is 2.96. The summed E-state index contributed by atoms with van der Waals surface area (Å²) >= 11 is 5.08. The van der Waals surface area contributed by atoms with Gasteiger partial charge < -0.3 is 5.32 Å². The summed E-state index contributed by atoms with van der Waals surface area (Å²) in [5, 5.41) is 3.24. The molecule has 0 saturated carbocycles. The molecule has 1 N–H and O–H groups in total. The molecule has 0 radical (unpaired) electrons. The van der Waals surface area contributed by atoms with Gasteiger partial charge in [0.25, 0.3) is 0 Å². The monoisotopic (exact) mass is 339 g/mol. The number of benzene rings is 1. The van der Waals surface area contributed by atoms with Crippen molar-refractivity contribution < 1.29 is 4.39 Å². The SMILES string of the molecule is CNC(c1cc2c(s1)CCC2)c1cccc(Br)c1F. The van der Waals surface area contributed by atoms with E-state index in [1.54, 1.807) is 6.07 Å². The number of halogens is 2. The molecule has 1 aromatic carbocycles. The molecule has 1 aliphatic rings. The summed E-state index contributed by atoms with van der Waals surface area (Å²) in [5.74, 6) is -0.171. The van der Waals surface area contributed by atoms with Crippen molar-refractivity contribution in [2.24, 2.45) is 0 Å². The average molecular weight is 340 g/mol. The Bertz CT molecular complexity index is 587. The van der Waals surface area contributed by atoms with E-state index < -0.39 is 0 Å². The lowest BCUT2D eigenvalue weighted by Crippen LogP contribution is -2.18. The smallest absolute Gasteiger partial charge is 0.142 e. The van der Waals surface area contributed by atoms with E-state index in [2.05, 4.69) is 27.3 Å². The summed E-state index contributed by atoms with van der Waals surface area (Å²) in [4.78, 5) is 2.69. The molecular weight excluding hydrogens is 325 g/mol. The molecular formula is C15H15BrFNS. The third kappa shape index (κ3) is 2.37. The minimum atomic E-state index is -0.171. The lowest BCUT2D eigenvalue weighted by Gasteiger charge is -2.16. The Morgan fingerprint density at radius 1 is 1.37 bits per heavy atom. The Labute approximate surface area is 125 Å². The highest BCUT2D eigenvalue weighted by molar-refractivity contribution is 9.10. The van der Waals surface area contributed by atoms with Gasteiger partial charge in [0.2, 0.25) is 0 Å². The maximum absolute atomic E-state index is 14.2. The number of fused-ring (bicyclic) bond motifs is 1. The fourth-order valence-corrected chi connectivity index (χ4v) is 4.46. The van der Waals surface area contributed by atoms with Gasteiger partial charge in [-0.2, -0.15) is 0 Å². The van der Waals surface area contributed by atoms with Crippen molar-refractivity contribution in [2.75, 3.05) is 7.05 Å². The third-order valence-corrected chi connectivity index (χ3v) is 5.55. The molecule has 0 spiro atoms. The van der Waals surface area contributed by atoms with E-state index in [9.17, 15) is 4.39 Å². The Balaban J connectivity index is 2.02. The second-order valence-corrected chi connectivity index (χ2v) is 6.84. The van der Waals surface area contributed by atoms with Crippen LogP contribution in [0.4, 0.5) is 4.39 Å². The molecule has 2 aromatic rings. The number of thiophene rings is 1. The van der Waals surface area contributed by atoms with Crippen molar-refractivity contribution in [1.29, 1.82) is 0 Å². The predicted octanol–water partition coefficient (Wildman–Crippen LogP) is 4.45. The normalized spacial score (nSPS) is 15.5. The second kappa shape index (κ2) is 5.35.